The second-order valence-electron chi connectivity index (χ2n) is 8.09. The highest BCUT2D eigenvalue weighted by Gasteiger charge is 2.26. The van der Waals surface area contributed by atoms with E-state index in [2.05, 4.69) is 15.1 Å². The maximum absolute atomic E-state index is 13.5. The van der Waals surface area contributed by atoms with Crippen molar-refractivity contribution in [2.45, 2.75) is 43.1 Å². The number of carbonyl (C=O) groups is 1. The molecular formula is C24H28FN5OS. The third-order valence-corrected chi connectivity index (χ3v) is 6.61. The first-order valence-electron chi connectivity index (χ1n) is 10.9. The van der Waals surface area contributed by atoms with Crippen LogP contribution in [0.1, 0.15) is 31.7 Å². The lowest BCUT2D eigenvalue weighted by Gasteiger charge is -2.28. The van der Waals surface area contributed by atoms with Crippen molar-refractivity contribution in [3.05, 3.63) is 66.0 Å². The van der Waals surface area contributed by atoms with Gasteiger partial charge in [-0.15, -0.1) is 10.2 Å². The third-order valence-electron chi connectivity index (χ3n) is 5.58. The molecule has 32 heavy (non-hydrogen) atoms. The van der Waals surface area contributed by atoms with E-state index in [4.69, 9.17) is 0 Å². The number of thioether (sulfide) groups is 1. The molecule has 1 aromatic heterocycles. The van der Waals surface area contributed by atoms with Crippen LogP contribution in [0, 0.1) is 5.82 Å². The molecule has 2 aromatic carbocycles. The Bertz CT molecular complexity index is 1050. The number of hydrogen-bond acceptors (Lipinski definition) is 5. The smallest absolute Gasteiger partial charge is 0.235 e. The summed E-state index contributed by atoms with van der Waals surface area (Å²) in [6.45, 7) is 4.15. The summed E-state index contributed by atoms with van der Waals surface area (Å²) in [4.78, 5) is 16.9. The highest BCUT2D eigenvalue weighted by molar-refractivity contribution is 8.00. The molecule has 0 bridgehead atoms. The number of rotatable bonds is 7. The Morgan fingerprint density at radius 1 is 1.09 bits per heavy atom. The normalized spacial score (nSPS) is 14.9. The van der Waals surface area contributed by atoms with Crippen LogP contribution in [0.5, 0.6) is 0 Å². The summed E-state index contributed by atoms with van der Waals surface area (Å²) in [5.41, 5.74) is 1.74. The van der Waals surface area contributed by atoms with Gasteiger partial charge in [-0.3, -0.25) is 9.36 Å². The van der Waals surface area contributed by atoms with Gasteiger partial charge in [0.25, 0.3) is 0 Å². The summed E-state index contributed by atoms with van der Waals surface area (Å²) < 4.78 is 15.5. The van der Waals surface area contributed by atoms with Gasteiger partial charge in [-0.05, 0) is 56.0 Å². The molecule has 0 saturated carbocycles. The Hall–Kier alpha value is -2.87. The SMILES string of the molecule is CC(Sc1nnc(N2CCCCC2)n1-c1ccccc1)C(=O)N(C)Cc1cccc(F)c1. The van der Waals surface area contributed by atoms with Crippen molar-refractivity contribution in [1.29, 1.82) is 0 Å². The molecular weight excluding hydrogens is 425 g/mol. The van der Waals surface area contributed by atoms with Crippen molar-refractivity contribution in [2.24, 2.45) is 0 Å². The van der Waals surface area contributed by atoms with Crippen molar-refractivity contribution >= 4 is 23.6 Å². The van der Waals surface area contributed by atoms with E-state index >= 15 is 0 Å². The monoisotopic (exact) mass is 453 g/mol. The van der Waals surface area contributed by atoms with Gasteiger partial charge in [0.2, 0.25) is 11.9 Å². The minimum atomic E-state index is -0.366. The molecule has 0 N–H and O–H groups in total. The molecule has 1 aliphatic rings. The van der Waals surface area contributed by atoms with E-state index in [-0.39, 0.29) is 17.0 Å². The highest BCUT2D eigenvalue weighted by atomic mass is 32.2. The molecule has 1 atom stereocenters. The first-order chi connectivity index (χ1) is 15.5. The minimum Gasteiger partial charge on any atom is -0.341 e. The second kappa shape index (κ2) is 10.2. The van der Waals surface area contributed by atoms with Crippen LogP contribution in [-0.4, -0.2) is 51.0 Å². The Morgan fingerprint density at radius 2 is 1.84 bits per heavy atom. The van der Waals surface area contributed by atoms with Crippen molar-refractivity contribution < 1.29 is 9.18 Å². The van der Waals surface area contributed by atoms with Crippen molar-refractivity contribution in [1.82, 2.24) is 19.7 Å². The van der Waals surface area contributed by atoms with Gasteiger partial charge in [-0.25, -0.2) is 4.39 Å². The van der Waals surface area contributed by atoms with Crippen molar-refractivity contribution in [3.63, 3.8) is 0 Å². The van der Waals surface area contributed by atoms with Gasteiger partial charge in [-0.2, -0.15) is 0 Å². The van der Waals surface area contributed by atoms with Crippen LogP contribution >= 0.6 is 11.8 Å². The molecule has 168 valence electrons. The van der Waals surface area contributed by atoms with Gasteiger partial charge in [0.15, 0.2) is 5.16 Å². The number of halogens is 1. The third kappa shape index (κ3) is 5.12. The molecule has 1 unspecified atom stereocenters. The molecule has 1 aliphatic heterocycles. The summed E-state index contributed by atoms with van der Waals surface area (Å²) in [7, 11) is 1.74. The molecule has 3 aromatic rings. The van der Waals surface area contributed by atoms with Crippen LogP contribution in [0.4, 0.5) is 10.3 Å². The van der Waals surface area contributed by atoms with Crippen LogP contribution in [0.3, 0.4) is 0 Å². The topological polar surface area (TPSA) is 54.3 Å². The fraction of sp³-hybridized carbons (Fsp3) is 0.375. The van der Waals surface area contributed by atoms with Crippen LogP contribution in [0.25, 0.3) is 5.69 Å². The zero-order valence-electron chi connectivity index (χ0n) is 18.4. The molecule has 1 saturated heterocycles. The first-order valence-corrected chi connectivity index (χ1v) is 11.8. The van der Waals surface area contributed by atoms with Crippen LogP contribution in [0.2, 0.25) is 0 Å². The number of piperidine rings is 1. The summed E-state index contributed by atoms with van der Waals surface area (Å²) >= 11 is 1.40. The van der Waals surface area contributed by atoms with Crippen molar-refractivity contribution in [2.75, 3.05) is 25.0 Å². The number of aromatic nitrogens is 3. The summed E-state index contributed by atoms with van der Waals surface area (Å²) in [6.07, 6.45) is 3.52. The number of para-hydroxylation sites is 1. The predicted octanol–water partition coefficient (Wildman–Crippen LogP) is 4.54. The van der Waals surface area contributed by atoms with Crippen LogP contribution < -0.4 is 4.90 Å². The molecule has 2 heterocycles. The zero-order chi connectivity index (χ0) is 22.5. The summed E-state index contributed by atoms with van der Waals surface area (Å²) in [5, 5.41) is 9.29. The predicted molar refractivity (Wildman–Crippen MR) is 126 cm³/mol. The van der Waals surface area contributed by atoms with Gasteiger partial charge in [-0.1, -0.05) is 42.1 Å². The number of hydrogen-bond donors (Lipinski definition) is 0. The highest BCUT2D eigenvalue weighted by Crippen LogP contribution is 2.31. The van der Waals surface area contributed by atoms with Gasteiger partial charge in [0.1, 0.15) is 5.82 Å². The Morgan fingerprint density at radius 3 is 2.56 bits per heavy atom. The molecule has 8 heteroatoms. The summed E-state index contributed by atoms with van der Waals surface area (Å²) in [5.74, 6) is 0.486. The average molecular weight is 454 g/mol. The first kappa shape index (κ1) is 22.3. The fourth-order valence-electron chi connectivity index (χ4n) is 3.95. The van der Waals surface area contributed by atoms with E-state index in [0.29, 0.717) is 11.7 Å². The fourth-order valence-corrected chi connectivity index (χ4v) is 4.92. The Balaban J connectivity index is 1.54. The lowest BCUT2D eigenvalue weighted by atomic mass is 10.1. The average Bonchev–Trinajstić information content (AvgIpc) is 3.23. The van der Waals surface area contributed by atoms with Gasteiger partial charge in [0.05, 0.1) is 10.9 Å². The zero-order valence-corrected chi connectivity index (χ0v) is 19.3. The van der Waals surface area contributed by atoms with E-state index in [1.165, 1.54) is 30.3 Å². The van der Waals surface area contributed by atoms with Crippen molar-refractivity contribution in [3.8, 4) is 5.69 Å². The largest absolute Gasteiger partial charge is 0.341 e. The molecule has 1 amide bonds. The molecule has 1 fully saturated rings. The maximum atomic E-state index is 13.5. The second-order valence-corrected chi connectivity index (χ2v) is 9.39. The number of anilines is 1. The number of nitrogens with zero attached hydrogens (tertiary/aromatic N) is 5. The molecule has 0 radical (unpaired) electrons. The number of benzene rings is 2. The lowest BCUT2D eigenvalue weighted by Crippen LogP contribution is -2.33. The molecule has 6 nitrogen and oxygen atoms in total. The minimum absolute atomic E-state index is 0.0404. The Kier molecular flexibility index (Phi) is 7.09. The number of carbonyl (C=O) groups excluding carboxylic acids is 1. The van der Waals surface area contributed by atoms with E-state index < -0.39 is 0 Å². The quantitative estimate of drug-likeness (QED) is 0.492. The number of amides is 1. The van der Waals surface area contributed by atoms with E-state index in [0.717, 1.165) is 43.1 Å². The summed E-state index contributed by atoms with van der Waals surface area (Å²) in [6, 6.07) is 16.4. The Labute approximate surface area is 192 Å². The standard InChI is InChI=1S/C24H28FN5OS/c1-18(22(31)28(2)17-19-10-9-11-20(25)16-19)32-24-27-26-23(29-14-7-4-8-15-29)30(24)21-12-5-3-6-13-21/h3,5-6,9-13,16,18H,4,7-8,14-15,17H2,1-2H3. The van der Waals surface area contributed by atoms with Gasteiger partial charge < -0.3 is 9.80 Å². The van der Waals surface area contributed by atoms with Crippen LogP contribution in [-0.2, 0) is 11.3 Å². The van der Waals surface area contributed by atoms with E-state index in [1.807, 2.05) is 47.9 Å². The molecule has 4 rings (SSSR count). The molecule has 0 aliphatic carbocycles. The van der Waals surface area contributed by atoms with Gasteiger partial charge in [0, 0.05) is 26.7 Å². The van der Waals surface area contributed by atoms with Gasteiger partial charge >= 0.3 is 0 Å². The maximum Gasteiger partial charge on any atom is 0.235 e. The lowest BCUT2D eigenvalue weighted by molar-refractivity contribution is -0.129. The van der Waals surface area contributed by atoms with Crippen LogP contribution in [0.15, 0.2) is 59.8 Å². The van der Waals surface area contributed by atoms with E-state index in [9.17, 15) is 9.18 Å². The molecule has 0 spiro atoms. The van der Waals surface area contributed by atoms with E-state index in [1.54, 1.807) is 18.0 Å².